The van der Waals surface area contributed by atoms with Crippen LogP contribution in [0.15, 0.2) is 47.0 Å². The maximum atomic E-state index is 5.11. The highest BCUT2D eigenvalue weighted by Crippen LogP contribution is 2.17. The largest absolute Gasteiger partial charge is 0.338 e. The minimum Gasteiger partial charge on any atom is -0.338 e. The van der Waals surface area contributed by atoms with Crippen LogP contribution >= 0.6 is 22.6 Å². The zero-order valence-corrected chi connectivity index (χ0v) is 11.1. The van der Waals surface area contributed by atoms with Crippen LogP contribution in [0.25, 0.3) is 10.8 Å². The molecule has 0 aliphatic rings. The van der Waals surface area contributed by atoms with E-state index in [0.717, 1.165) is 0 Å². The minimum atomic E-state index is 0.651. The quantitative estimate of drug-likeness (QED) is 0.673. The Balaban J connectivity index is 1.95. The molecule has 0 unspecified atom stereocenters. The van der Waals surface area contributed by atoms with Crippen LogP contribution in [0, 0.1) is 3.83 Å². The van der Waals surface area contributed by atoms with E-state index in [1.165, 1.54) is 16.3 Å². The molecule has 0 radical (unpaired) electrons. The Bertz CT molecular complexity index is 663. The molecular formula is C13H9IN2O. The average molecular weight is 336 g/mol. The molecule has 0 N–H and O–H groups in total. The Morgan fingerprint density at radius 2 is 1.88 bits per heavy atom. The maximum absolute atomic E-state index is 5.11. The summed E-state index contributed by atoms with van der Waals surface area (Å²) in [5, 5.41) is 6.26. The van der Waals surface area contributed by atoms with Gasteiger partial charge in [-0.3, -0.25) is 0 Å². The molecule has 0 bridgehead atoms. The summed E-state index contributed by atoms with van der Waals surface area (Å²) >= 11 is 2.04. The molecule has 1 heterocycles. The van der Waals surface area contributed by atoms with Gasteiger partial charge in [-0.2, -0.15) is 4.98 Å². The van der Waals surface area contributed by atoms with E-state index in [1.54, 1.807) is 0 Å². The Morgan fingerprint density at radius 1 is 1.06 bits per heavy atom. The lowest BCUT2D eigenvalue weighted by Gasteiger charge is -2.00. The van der Waals surface area contributed by atoms with Crippen molar-refractivity contribution in [2.75, 3.05) is 0 Å². The monoisotopic (exact) mass is 336 g/mol. The molecule has 0 spiro atoms. The van der Waals surface area contributed by atoms with Crippen LogP contribution in [0.4, 0.5) is 0 Å². The van der Waals surface area contributed by atoms with Gasteiger partial charge < -0.3 is 4.52 Å². The van der Waals surface area contributed by atoms with E-state index in [4.69, 9.17) is 4.52 Å². The molecule has 0 fully saturated rings. The molecule has 3 rings (SSSR count). The van der Waals surface area contributed by atoms with Gasteiger partial charge in [-0.25, -0.2) is 0 Å². The fourth-order valence-electron chi connectivity index (χ4n) is 1.83. The molecule has 0 aliphatic heterocycles. The lowest BCUT2D eigenvalue weighted by molar-refractivity contribution is 0.381. The first kappa shape index (κ1) is 10.7. The van der Waals surface area contributed by atoms with Crippen molar-refractivity contribution in [2.45, 2.75) is 6.42 Å². The van der Waals surface area contributed by atoms with Crippen LogP contribution in [-0.4, -0.2) is 10.1 Å². The molecule has 2 aromatic carbocycles. The van der Waals surface area contributed by atoms with E-state index in [1.807, 2.05) is 34.7 Å². The summed E-state index contributed by atoms with van der Waals surface area (Å²) in [6.45, 7) is 0. The number of fused-ring (bicyclic) bond motifs is 1. The summed E-state index contributed by atoms with van der Waals surface area (Å²) in [6, 6.07) is 14.7. The van der Waals surface area contributed by atoms with Crippen molar-refractivity contribution in [3.63, 3.8) is 0 Å². The van der Waals surface area contributed by atoms with Gasteiger partial charge in [0.15, 0.2) is 0 Å². The van der Waals surface area contributed by atoms with Crippen molar-refractivity contribution in [1.82, 2.24) is 10.1 Å². The van der Waals surface area contributed by atoms with Gasteiger partial charge in [-0.05, 0) is 16.3 Å². The predicted molar refractivity (Wildman–Crippen MR) is 73.8 cm³/mol. The lowest BCUT2D eigenvalue weighted by atomic mass is 10.1. The Labute approximate surface area is 112 Å². The van der Waals surface area contributed by atoms with E-state index >= 15 is 0 Å². The number of rotatable bonds is 2. The SMILES string of the molecule is Ic1noc(Cc2ccc3ccccc3c2)n1. The van der Waals surface area contributed by atoms with Gasteiger partial charge in [-0.15, -0.1) is 0 Å². The third kappa shape index (κ3) is 2.31. The van der Waals surface area contributed by atoms with E-state index in [0.29, 0.717) is 16.1 Å². The van der Waals surface area contributed by atoms with Gasteiger partial charge in [0.25, 0.3) is 0 Å². The second-order valence-corrected chi connectivity index (χ2v) is 4.78. The van der Waals surface area contributed by atoms with Crippen LogP contribution in [-0.2, 0) is 6.42 Å². The summed E-state index contributed by atoms with van der Waals surface area (Å²) < 4.78 is 5.76. The molecule has 17 heavy (non-hydrogen) atoms. The van der Waals surface area contributed by atoms with Crippen molar-refractivity contribution in [2.24, 2.45) is 0 Å². The first-order valence-electron chi connectivity index (χ1n) is 5.27. The zero-order valence-electron chi connectivity index (χ0n) is 8.93. The van der Waals surface area contributed by atoms with Gasteiger partial charge >= 0.3 is 0 Å². The van der Waals surface area contributed by atoms with E-state index in [9.17, 15) is 0 Å². The maximum Gasteiger partial charge on any atom is 0.232 e. The van der Waals surface area contributed by atoms with Crippen LogP contribution in [0.3, 0.4) is 0 Å². The Morgan fingerprint density at radius 3 is 2.65 bits per heavy atom. The molecule has 0 aliphatic carbocycles. The highest BCUT2D eigenvalue weighted by molar-refractivity contribution is 14.1. The zero-order chi connectivity index (χ0) is 11.7. The molecular weight excluding hydrogens is 327 g/mol. The summed E-state index contributed by atoms with van der Waals surface area (Å²) in [4.78, 5) is 4.19. The fourth-order valence-corrected chi connectivity index (χ4v) is 2.20. The number of benzene rings is 2. The predicted octanol–water partition coefficient (Wildman–Crippen LogP) is 3.42. The summed E-state index contributed by atoms with van der Waals surface area (Å²) in [5.41, 5.74) is 1.18. The molecule has 0 amide bonds. The van der Waals surface area contributed by atoms with E-state index in [2.05, 4.69) is 40.5 Å². The highest BCUT2D eigenvalue weighted by atomic mass is 127. The third-order valence-corrected chi connectivity index (χ3v) is 3.05. The Hall–Kier alpha value is -1.43. The van der Waals surface area contributed by atoms with E-state index < -0.39 is 0 Å². The molecule has 4 heteroatoms. The second kappa shape index (κ2) is 4.44. The van der Waals surface area contributed by atoms with E-state index in [-0.39, 0.29) is 0 Å². The number of halogens is 1. The van der Waals surface area contributed by atoms with Crippen LogP contribution < -0.4 is 0 Å². The van der Waals surface area contributed by atoms with Crippen molar-refractivity contribution in [3.8, 4) is 0 Å². The number of aromatic nitrogens is 2. The smallest absolute Gasteiger partial charge is 0.232 e. The van der Waals surface area contributed by atoms with Gasteiger partial charge in [0.2, 0.25) is 9.72 Å². The summed E-state index contributed by atoms with van der Waals surface area (Å²) in [5.74, 6) is 0.657. The average Bonchev–Trinajstić information content (AvgIpc) is 2.75. The Kier molecular flexibility index (Phi) is 2.80. The third-order valence-electron chi connectivity index (χ3n) is 2.61. The van der Waals surface area contributed by atoms with Crippen LogP contribution in [0.5, 0.6) is 0 Å². The van der Waals surface area contributed by atoms with Crippen LogP contribution in [0.1, 0.15) is 11.5 Å². The molecule has 3 aromatic rings. The summed E-state index contributed by atoms with van der Waals surface area (Å²) in [7, 11) is 0. The first-order chi connectivity index (χ1) is 8.31. The molecule has 0 saturated heterocycles. The standard InChI is InChI=1S/C13H9IN2O/c14-13-15-12(17-16-13)8-9-5-6-10-3-1-2-4-11(10)7-9/h1-7H,8H2. The van der Waals surface area contributed by atoms with Crippen molar-refractivity contribution in [1.29, 1.82) is 0 Å². The number of nitrogens with zero attached hydrogens (tertiary/aromatic N) is 2. The lowest BCUT2D eigenvalue weighted by Crippen LogP contribution is -1.88. The van der Waals surface area contributed by atoms with Gasteiger partial charge in [0.05, 0.1) is 6.42 Å². The van der Waals surface area contributed by atoms with Crippen molar-refractivity contribution < 1.29 is 4.52 Å². The molecule has 84 valence electrons. The molecule has 3 nitrogen and oxygen atoms in total. The van der Waals surface area contributed by atoms with Crippen LogP contribution in [0.2, 0.25) is 0 Å². The van der Waals surface area contributed by atoms with Gasteiger partial charge in [-0.1, -0.05) is 47.6 Å². The normalized spacial score (nSPS) is 10.9. The number of hydrogen-bond donors (Lipinski definition) is 0. The first-order valence-corrected chi connectivity index (χ1v) is 6.35. The molecule has 0 saturated carbocycles. The van der Waals surface area contributed by atoms with Gasteiger partial charge in [0.1, 0.15) is 0 Å². The molecule has 0 atom stereocenters. The highest BCUT2D eigenvalue weighted by Gasteiger charge is 2.05. The summed E-state index contributed by atoms with van der Waals surface area (Å²) in [6.07, 6.45) is 0.681. The van der Waals surface area contributed by atoms with Crippen molar-refractivity contribution >= 4 is 33.4 Å². The second-order valence-electron chi connectivity index (χ2n) is 3.82. The minimum absolute atomic E-state index is 0.651. The van der Waals surface area contributed by atoms with Gasteiger partial charge in [0, 0.05) is 22.6 Å². The fraction of sp³-hybridized carbons (Fsp3) is 0.0769. The molecule has 1 aromatic heterocycles. The van der Waals surface area contributed by atoms with Crippen molar-refractivity contribution in [3.05, 3.63) is 57.7 Å². The number of hydrogen-bond acceptors (Lipinski definition) is 3. The topological polar surface area (TPSA) is 38.9 Å².